The number of aromatic nitrogens is 5. The normalized spacial score (nSPS) is 13.7. The predicted molar refractivity (Wildman–Crippen MR) is 96.6 cm³/mol. The van der Waals surface area contributed by atoms with Gasteiger partial charge in [-0.2, -0.15) is 5.10 Å². The van der Waals surface area contributed by atoms with Crippen LogP contribution in [0.5, 0.6) is 5.75 Å². The van der Waals surface area contributed by atoms with Crippen LogP contribution in [0, 0.1) is 6.92 Å². The van der Waals surface area contributed by atoms with E-state index in [-0.39, 0.29) is 10.8 Å². The van der Waals surface area contributed by atoms with Crippen LogP contribution in [-0.4, -0.2) is 36.8 Å². The van der Waals surface area contributed by atoms with Gasteiger partial charge in [0.15, 0.2) is 0 Å². The first-order valence-corrected chi connectivity index (χ1v) is 8.59. The number of nitrogens with zero attached hydrogens (tertiary/aromatic N) is 5. The van der Waals surface area contributed by atoms with Crippen molar-refractivity contribution in [2.75, 3.05) is 11.4 Å². The van der Waals surface area contributed by atoms with Crippen LogP contribution < -0.4 is 10.5 Å². The average Bonchev–Trinajstić information content (AvgIpc) is 3.03. The fourth-order valence-electron chi connectivity index (χ4n) is 3.20. The molecule has 0 atom stereocenters. The smallest absolute Gasteiger partial charge is 0.285 e. The number of benzene rings is 1. The van der Waals surface area contributed by atoms with Crippen molar-refractivity contribution in [3.8, 4) is 5.75 Å². The Bertz CT molecular complexity index is 1030. The average molecular weight is 373 g/mol. The summed E-state index contributed by atoms with van der Waals surface area (Å²) >= 11 is 6.11. The van der Waals surface area contributed by atoms with Gasteiger partial charge in [-0.1, -0.05) is 28.9 Å². The molecule has 2 aromatic heterocycles. The van der Waals surface area contributed by atoms with E-state index in [4.69, 9.17) is 11.6 Å². The highest BCUT2D eigenvalue weighted by atomic mass is 35.5. The van der Waals surface area contributed by atoms with Crippen LogP contribution in [-0.2, 0) is 19.5 Å². The lowest BCUT2D eigenvalue weighted by Crippen LogP contribution is -2.32. The summed E-state index contributed by atoms with van der Waals surface area (Å²) < 4.78 is 1.87. The number of aromatic hydroxyl groups is 1. The lowest BCUT2D eigenvalue weighted by molar-refractivity contribution is 0.469. The Hall–Kier alpha value is -2.87. The maximum atomic E-state index is 11.7. The first-order chi connectivity index (χ1) is 12.5. The van der Waals surface area contributed by atoms with E-state index in [1.807, 2.05) is 28.6 Å². The molecule has 3 heterocycles. The standard InChI is InChI=1S/C17H17ClN6O2/c1-10-11(3-2-4-15(10)25)8-24-13-5-6-23(9-12(13)20-22-24)14-7-19-21-17(26)16(14)18/h2-4,7,25H,5-6,8-9H2,1H3,(H,21,26). The molecule has 4 rings (SSSR count). The van der Waals surface area contributed by atoms with Gasteiger partial charge >= 0.3 is 0 Å². The summed E-state index contributed by atoms with van der Waals surface area (Å²) in [7, 11) is 0. The van der Waals surface area contributed by atoms with Crippen LogP contribution in [0.4, 0.5) is 5.69 Å². The monoisotopic (exact) mass is 372 g/mol. The Labute approximate surface area is 154 Å². The van der Waals surface area contributed by atoms with Crippen LogP contribution in [0.15, 0.2) is 29.2 Å². The van der Waals surface area contributed by atoms with Gasteiger partial charge in [-0.25, -0.2) is 9.78 Å². The van der Waals surface area contributed by atoms with Gasteiger partial charge in [0, 0.05) is 13.0 Å². The van der Waals surface area contributed by atoms with E-state index in [0.29, 0.717) is 25.3 Å². The summed E-state index contributed by atoms with van der Waals surface area (Å²) in [6, 6.07) is 5.47. The summed E-state index contributed by atoms with van der Waals surface area (Å²) in [6.07, 6.45) is 2.28. The number of phenols is 1. The van der Waals surface area contributed by atoms with Crippen LogP contribution in [0.1, 0.15) is 22.5 Å². The topological polar surface area (TPSA) is 99.9 Å². The van der Waals surface area contributed by atoms with Gasteiger partial charge < -0.3 is 10.0 Å². The second-order valence-electron chi connectivity index (χ2n) is 6.27. The molecule has 0 saturated heterocycles. The van der Waals surface area contributed by atoms with Crippen molar-refractivity contribution in [1.29, 1.82) is 0 Å². The number of rotatable bonds is 3. The van der Waals surface area contributed by atoms with E-state index in [1.165, 1.54) is 0 Å². The molecule has 0 saturated carbocycles. The molecule has 3 aromatic rings. The van der Waals surface area contributed by atoms with Gasteiger partial charge in [0.05, 0.1) is 30.7 Å². The zero-order valence-electron chi connectivity index (χ0n) is 14.1. The molecule has 9 heteroatoms. The number of nitrogens with one attached hydrogen (secondary N) is 1. The maximum absolute atomic E-state index is 11.7. The lowest BCUT2D eigenvalue weighted by Gasteiger charge is -2.28. The van der Waals surface area contributed by atoms with E-state index in [1.54, 1.807) is 12.3 Å². The van der Waals surface area contributed by atoms with Gasteiger partial charge in [-0.05, 0) is 24.1 Å². The maximum Gasteiger partial charge on any atom is 0.285 e. The number of hydrogen-bond acceptors (Lipinski definition) is 6. The molecule has 0 bridgehead atoms. The highest BCUT2D eigenvalue weighted by Crippen LogP contribution is 2.27. The quantitative estimate of drug-likeness (QED) is 0.725. The number of hydrogen-bond donors (Lipinski definition) is 2. The van der Waals surface area contributed by atoms with Crippen molar-refractivity contribution in [3.63, 3.8) is 0 Å². The molecule has 1 aromatic carbocycles. The summed E-state index contributed by atoms with van der Waals surface area (Å²) in [5.41, 5.74) is 3.94. The number of H-pyrrole nitrogens is 1. The summed E-state index contributed by atoms with van der Waals surface area (Å²) in [4.78, 5) is 13.6. The van der Waals surface area contributed by atoms with Gasteiger partial charge in [0.25, 0.3) is 5.56 Å². The molecule has 1 aliphatic rings. The molecule has 0 spiro atoms. The van der Waals surface area contributed by atoms with Crippen molar-refractivity contribution < 1.29 is 5.11 Å². The SMILES string of the molecule is Cc1c(O)cccc1Cn1nnc2c1CCN(c1cn[nH]c(=O)c1Cl)C2. The first-order valence-electron chi connectivity index (χ1n) is 8.21. The first kappa shape index (κ1) is 16.6. The molecule has 2 N–H and O–H groups in total. The van der Waals surface area contributed by atoms with Gasteiger partial charge in [-0.3, -0.25) is 4.79 Å². The third kappa shape index (κ3) is 2.82. The van der Waals surface area contributed by atoms with Crippen molar-refractivity contribution in [3.05, 3.63) is 62.3 Å². The molecule has 0 unspecified atom stereocenters. The number of aromatic amines is 1. The van der Waals surface area contributed by atoms with Gasteiger partial charge in [0.2, 0.25) is 0 Å². The molecule has 0 radical (unpaired) electrons. The number of fused-ring (bicyclic) bond motifs is 1. The highest BCUT2D eigenvalue weighted by Gasteiger charge is 2.24. The van der Waals surface area contributed by atoms with E-state index in [2.05, 4.69) is 20.5 Å². The summed E-state index contributed by atoms with van der Waals surface area (Å²) in [5.74, 6) is 0.277. The van der Waals surface area contributed by atoms with Crippen LogP contribution in [0.3, 0.4) is 0 Å². The van der Waals surface area contributed by atoms with Crippen LogP contribution >= 0.6 is 11.6 Å². The largest absolute Gasteiger partial charge is 0.508 e. The number of halogens is 1. The van der Waals surface area contributed by atoms with E-state index in [9.17, 15) is 9.90 Å². The minimum Gasteiger partial charge on any atom is -0.508 e. The van der Waals surface area contributed by atoms with Crippen molar-refractivity contribution in [2.24, 2.45) is 0 Å². The number of anilines is 1. The minimum atomic E-state index is -0.405. The van der Waals surface area contributed by atoms with Gasteiger partial charge in [0.1, 0.15) is 16.5 Å². The molecule has 134 valence electrons. The Morgan fingerprint density at radius 3 is 3.08 bits per heavy atom. The fraction of sp³-hybridized carbons (Fsp3) is 0.294. The summed E-state index contributed by atoms with van der Waals surface area (Å²) in [6.45, 7) is 3.64. The molecule has 0 amide bonds. The number of phenolic OH excluding ortho intramolecular Hbond substituents is 1. The Kier molecular flexibility index (Phi) is 4.12. The molecule has 1 aliphatic heterocycles. The lowest BCUT2D eigenvalue weighted by atomic mass is 10.1. The van der Waals surface area contributed by atoms with Crippen molar-refractivity contribution in [2.45, 2.75) is 26.4 Å². The zero-order chi connectivity index (χ0) is 18.3. The molecular formula is C17H17ClN6O2. The predicted octanol–water partition coefficient (Wildman–Crippen LogP) is 1.64. The van der Waals surface area contributed by atoms with Crippen LogP contribution in [0.2, 0.25) is 5.02 Å². The van der Waals surface area contributed by atoms with E-state index < -0.39 is 5.56 Å². The Morgan fingerprint density at radius 1 is 1.38 bits per heavy atom. The van der Waals surface area contributed by atoms with Crippen molar-refractivity contribution in [1.82, 2.24) is 25.2 Å². The minimum absolute atomic E-state index is 0.131. The summed E-state index contributed by atoms with van der Waals surface area (Å²) in [5, 5.41) is 24.7. The third-order valence-electron chi connectivity index (χ3n) is 4.73. The van der Waals surface area contributed by atoms with Gasteiger partial charge in [-0.15, -0.1) is 5.10 Å². The van der Waals surface area contributed by atoms with Crippen molar-refractivity contribution >= 4 is 17.3 Å². The fourth-order valence-corrected chi connectivity index (χ4v) is 3.41. The molecule has 8 nitrogen and oxygen atoms in total. The van der Waals surface area contributed by atoms with Crippen LogP contribution in [0.25, 0.3) is 0 Å². The molecule has 26 heavy (non-hydrogen) atoms. The second kappa shape index (κ2) is 6.45. The zero-order valence-corrected chi connectivity index (χ0v) is 14.9. The second-order valence-corrected chi connectivity index (χ2v) is 6.65. The molecular weight excluding hydrogens is 356 g/mol. The Balaban J connectivity index is 1.60. The van der Waals surface area contributed by atoms with E-state index in [0.717, 1.165) is 28.9 Å². The molecule has 0 fully saturated rings. The molecule has 0 aliphatic carbocycles. The van der Waals surface area contributed by atoms with E-state index >= 15 is 0 Å². The third-order valence-corrected chi connectivity index (χ3v) is 5.10. The highest BCUT2D eigenvalue weighted by molar-refractivity contribution is 6.32. The Morgan fingerprint density at radius 2 is 2.23 bits per heavy atom.